The highest BCUT2D eigenvalue weighted by atomic mass is 35.5. The number of nitrogens with zero attached hydrogens (tertiary/aromatic N) is 3. The van der Waals surface area contributed by atoms with Gasteiger partial charge >= 0.3 is 6.03 Å². The lowest BCUT2D eigenvalue weighted by Gasteiger charge is -2.37. The highest BCUT2D eigenvalue weighted by molar-refractivity contribution is 6.31. The van der Waals surface area contributed by atoms with E-state index in [9.17, 15) is 9.59 Å². The summed E-state index contributed by atoms with van der Waals surface area (Å²) < 4.78 is 5.51. The fourth-order valence-electron chi connectivity index (χ4n) is 4.89. The molecule has 4 rings (SSSR count). The van der Waals surface area contributed by atoms with Crippen molar-refractivity contribution in [2.75, 3.05) is 59.0 Å². The summed E-state index contributed by atoms with van der Waals surface area (Å²) in [5.74, 6) is -0.124. The number of halogens is 1. The Balaban J connectivity index is 1.37. The number of likely N-dealkylation sites (tertiary alicyclic amines) is 2. The summed E-state index contributed by atoms with van der Waals surface area (Å²) in [5, 5.41) is 3.89. The molecule has 3 heterocycles. The summed E-state index contributed by atoms with van der Waals surface area (Å²) in [6, 6.07) is 7.94. The quantitative estimate of drug-likeness (QED) is 0.752. The van der Waals surface area contributed by atoms with E-state index < -0.39 is 0 Å². The Morgan fingerprint density at radius 1 is 1.03 bits per heavy atom. The molecule has 2 atom stereocenters. The molecular weight excluding hydrogens is 416 g/mol. The number of piperidine rings is 1. The number of carbonyl (C=O) groups excluding carboxylic acids is 2. The highest BCUT2D eigenvalue weighted by Gasteiger charge is 2.32. The maximum atomic E-state index is 13.1. The molecule has 3 saturated heterocycles. The van der Waals surface area contributed by atoms with E-state index in [-0.39, 0.29) is 23.9 Å². The van der Waals surface area contributed by atoms with Crippen molar-refractivity contribution in [3.05, 3.63) is 34.9 Å². The van der Waals surface area contributed by atoms with Crippen molar-refractivity contribution < 1.29 is 14.3 Å². The van der Waals surface area contributed by atoms with E-state index in [1.54, 1.807) is 0 Å². The summed E-state index contributed by atoms with van der Waals surface area (Å²) >= 11 is 6.50. The molecule has 0 unspecified atom stereocenters. The smallest absolute Gasteiger partial charge is 0.320 e. The van der Waals surface area contributed by atoms with Crippen molar-refractivity contribution >= 4 is 23.5 Å². The Labute approximate surface area is 189 Å². The minimum Gasteiger partial charge on any atom is -0.379 e. The normalized spacial score (nSPS) is 23.6. The Hall–Kier alpha value is -1.83. The molecule has 0 bridgehead atoms. The molecule has 0 radical (unpaired) electrons. The van der Waals surface area contributed by atoms with Gasteiger partial charge in [-0.15, -0.1) is 0 Å². The molecule has 0 spiro atoms. The number of rotatable bonds is 5. The third-order valence-corrected chi connectivity index (χ3v) is 7.00. The average molecular weight is 449 g/mol. The third kappa shape index (κ3) is 5.51. The summed E-state index contributed by atoms with van der Waals surface area (Å²) in [6.07, 6.45) is 3.85. The lowest BCUT2D eigenvalue weighted by atomic mass is 9.97. The van der Waals surface area contributed by atoms with E-state index in [2.05, 4.69) is 10.2 Å². The van der Waals surface area contributed by atoms with Gasteiger partial charge in [-0.1, -0.05) is 29.8 Å². The van der Waals surface area contributed by atoms with E-state index >= 15 is 0 Å². The van der Waals surface area contributed by atoms with Gasteiger partial charge in [-0.05, 0) is 37.3 Å². The highest BCUT2D eigenvalue weighted by Crippen LogP contribution is 2.28. The molecule has 170 valence electrons. The van der Waals surface area contributed by atoms with Crippen LogP contribution in [0.15, 0.2) is 24.3 Å². The molecule has 0 aliphatic carbocycles. The number of morpholine rings is 1. The van der Waals surface area contributed by atoms with Crippen molar-refractivity contribution in [3.8, 4) is 0 Å². The Morgan fingerprint density at radius 2 is 1.74 bits per heavy atom. The second-order valence-corrected chi connectivity index (χ2v) is 9.10. The number of hydrogen-bond acceptors (Lipinski definition) is 4. The van der Waals surface area contributed by atoms with Crippen LogP contribution in [0.5, 0.6) is 0 Å². The van der Waals surface area contributed by atoms with E-state index in [0.29, 0.717) is 31.3 Å². The number of urea groups is 1. The van der Waals surface area contributed by atoms with Crippen LogP contribution in [0.4, 0.5) is 4.79 Å². The van der Waals surface area contributed by atoms with E-state index in [1.807, 2.05) is 34.1 Å². The summed E-state index contributed by atoms with van der Waals surface area (Å²) in [6.45, 7) is 6.43. The van der Waals surface area contributed by atoms with E-state index in [1.165, 1.54) is 0 Å². The van der Waals surface area contributed by atoms with Crippen LogP contribution in [-0.2, 0) is 9.53 Å². The molecule has 7 nitrogen and oxygen atoms in total. The van der Waals surface area contributed by atoms with Crippen LogP contribution in [0.3, 0.4) is 0 Å². The molecule has 3 amide bonds. The molecule has 8 heteroatoms. The zero-order chi connectivity index (χ0) is 21.6. The third-order valence-electron chi connectivity index (χ3n) is 6.66. The Morgan fingerprint density at radius 3 is 2.48 bits per heavy atom. The molecule has 0 saturated carbocycles. The lowest BCUT2D eigenvalue weighted by molar-refractivity contribution is -0.126. The van der Waals surface area contributed by atoms with E-state index in [0.717, 1.165) is 64.0 Å². The van der Waals surface area contributed by atoms with Crippen molar-refractivity contribution in [2.45, 2.75) is 31.7 Å². The maximum Gasteiger partial charge on any atom is 0.320 e. The van der Waals surface area contributed by atoms with Gasteiger partial charge in [-0.3, -0.25) is 9.69 Å². The van der Waals surface area contributed by atoms with Gasteiger partial charge in [0.05, 0.1) is 25.2 Å². The van der Waals surface area contributed by atoms with Gasteiger partial charge in [0.25, 0.3) is 0 Å². The minimum atomic E-state index is -0.156. The van der Waals surface area contributed by atoms with Gasteiger partial charge < -0.3 is 19.9 Å². The minimum absolute atomic E-state index is 0.00692. The molecule has 3 aliphatic heterocycles. The number of hydrogen-bond donors (Lipinski definition) is 1. The monoisotopic (exact) mass is 448 g/mol. The van der Waals surface area contributed by atoms with Crippen LogP contribution in [-0.4, -0.2) is 85.7 Å². The van der Waals surface area contributed by atoms with Crippen molar-refractivity contribution in [1.29, 1.82) is 0 Å². The first-order valence-electron chi connectivity index (χ1n) is 11.5. The lowest BCUT2D eigenvalue weighted by Crippen LogP contribution is -2.50. The fourth-order valence-corrected chi connectivity index (χ4v) is 5.15. The van der Waals surface area contributed by atoms with Crippen LogP contribution < -0.4 is 5.32 Å². The van der Waals surface area contributed by atoms with Crippen LogP contribution in [0, 0.1) is 5.92 Å². The van der Waals surface area contributed by atoms with Gasteiger partial charge in [0.15, 0.2) is 0 Å². The predicted octanol–water partition coefficient (Wildman–Crippen LogP) is 2.76. The van der Waals surface area contributed by atoms with Crippen LogP contribution in [0.1, 0.15) is 37.3 Å². The molecule has 3 aliphatic rings. The second kappa shape index (κ2) is 10.7. The Bertz CT molecular complexity index is 765. The molecule has 1 aromatic carbocycles. The summed E-state index contributed by atoms with van der Waals surface area (Å²) in [7, 11) is 0. The molecular formula is C23H33ClN4O3. The molecule has 1 N–H and O–H groups in total. The van der Waals surface area contributed by atoms with Crippen molar-refractivity contribution in [1.82, 2.24) is 20.0 Å². The fraction of sp³-hybridized carbons (Fsp3) is 0.652. The van der Waals surface area contributed by atoms with Crippen molar-refractivity contribution in [2.24, 2.45) is 5.92 Å². The zero-order valence-electron chi connectivity index (χ0n) is 18.1. The number of nitrogens with one attached hydrogen (secondary N) is 1. The molecule has 3 fully saturated rings. The summed E-state index contributed by atoms with van der Waals surface area (Å²) in [4.78, 5) is 31.9. The van der Waals surface area contributed by atoms with Gasteiger partial charge in [-0.25, -0.2) is 4.79 Å². The van der Waals surface area contributed by atoms with E-state index in [4.69, 9.17) is 16.3 Å². The zero-order valence-corrected chi connectivity index (χ0v) is 18.9. The predicted molar refractivity (Wildman–Crippen MR) is 120 cm³/mol. The average Bonchev–Trinajstić information content (AvgIpc) is 3.35. The molecule has 0 aromatic heterocycles. The van der Waals surface area contributed by atoms with Crippen molar-refractivity contribution in [3.63, 3.8) is 0 Å². The second-order valence-electron chi connectivity index (χ2n) is 8.69. The summed E-state index contributed by atoms with van der Waals surface area (Å²) in [5.41, 5.74) is 1.03. The molecule has 1 aromatic rings. The SMILES string of the molecule is O=C(NC[C@@H](c1ccccc1Cl)N1CCOCC1)[C@H]1CCCN(C(=O)N2CCCC2)C1. The Kier molecular flexibility index (Phi) is 7.69. The van der Waals surface area contributed by atoms with Crippen LogP contribution in [0.25, 0.3) is 0 Å². The van der Waals surface area contributed by atoms with Gasteiger partial charge in [0.2, 0.25) is 5.91 Å². The first kappa shape index (κ1) is 22.4. The number of benzene rings is 1. The standard InChI is InChI=1S/C23H33ClN4O3/c24-20-8-2-1-7-19(20)21(26-12-14-31-15-13-26)16-25-22(29)18-6-5-11-28(17-18)23(30)27-9-3-4-10-27/h1-2,7-8,18,21H,3-6,9-17H2,(H,25,29)/t18-,21-/m0/s1. The first-order valence-corrected chi connectivity index (χ1v) is 11.9. The number of carbonyl (C=O) groups is 2. The van der Waals surface area contributed by atoms with Crippen LogP contribution >= 0.6 is 11.6 Å². The first-order chi connectivity index (χ1) is 15.1. The van der Waals surface area contributed by atoms with Crippen LogP contribution in [0.2, 0.25) is 5.02 Å². The number of amides is 3. The van der Waals surface area contributed by atoms with Gasteiger partial charge in [0.1, 0.15) is 0 Å². The van der Waals surface area contributed by atoms with Gasteiger partial charge in [0, 0.05) is 50.8 Å². The largest absolute Gasteiger partial charge is 0.379 e. The molecule has 31 heavy (non-hydrogen) atoms. The number of ether oxygens (including phenoxy) is 1. The topological polar surface area (TPSA) is 65.1 Å². The van der Waals surface area contributed by atoms with Gasteiger partial charge in [-0.2, -0.15) is 0 Å². The maximum absolute atomic E-state index is 13.1.